The predicted molar refractivity (Wildman–Crippen MR) is 85.3 cm³/mol. The lowest BCUT2D eigenvalue weighted by Crippen LogP contribution is -2.21. The standard InChI is InChI=1S/C17H23N3/c1-14(2)11-19-13-15-12-18-10-9-17(15)20(3)16-7-5-4-6-8-16/h4-10,12,14,19H,11,13H2,1-3H3. The number of nitrogens with one attached hydrogen (secondary N) is 1. The van der Waals surface area contributed by atoms with Gasteiger partial charge in [-0.1, -0.05) is 32.0 Å². The zero-order valence-electron chi connectivity index (χ0n) is 12.5. The molecule has 0 aliphatic heterocycles. The van der Waals surface area contributed by atoms with E-state index in [1.165, 1.54) is 16.9 Å². The average Bonchev–Trinajstić information content (AvgIpc) is 2.47. The highest BCUT2D eigenvalue weighted by Gasteiger charge is 2.09. The van der Waals surface area contributed by atoms with Crippen molar-refractivity contribution < 1.29 is 0 Å². The molecule has 0 amide bonds. The molecule has 1 heterocycles. The second kappa shape index (κ2) is 7.06. The van der Waals surface area contributed by atoms with Crippen molar-refractivity contribution in [1.29, 1.82) is 0 Å². The summed E-state index contributed by atoms with van der Waals surface area (Å²) in [6.45, 7) is 6.29. The van der Waals surface area contributed by atoms with Gasteiger partial charge in [-0.3, -0.25) is 4.98 Å². The molecule has 3 heteroatoms. The van der Waals surface area contributed by atoms with Gasteiger partial charge in [-0.05, 0) is 30.7 Å². The zero-order valence-corrected chi connectivity index (χ0v) is 12.5. The summed E-state index contributed by atoms with van der Waals surface area (Å²) >= 11 is 0. The van der Waals surface area contributed by atoms with Crippen LogP contribution in [0.15, 0.2) is 48.8 Å². The third kappa shape index (κ3) is 3.81. The van der Waals surface area contributed by atoms with Crippen molar-refractivity contribution in [3.63, 3.8) is 0 Å². The van der Waals surface area contributed by atoms with Crippen LogP contribution in [0.5, 0.6) is 0 Å². The number of pyridine rings is 1. The Morgan fingerprint density at radius 2 is 1.90 bits per heavy atom. The van der Waals surface area contributed by atoms with Gasteiger partial charge < -0.3 is 10.2 Å². The van der Waals surface area contributed by atoms with Gasteiger partial charge in [0.2, 0.25) is 0 Å². The third-order valence-electron chi connectivity index (χ3n) is 3.25. The molecule has 1 aromatic heterocycles. The molecule has 1 N–H and O–H groups in total. The largest absolute Gasteiger partial charge is 0.344 e. The van der Waals surface area contributed by atoms with Crippen LogP contribution in [0.4, 0.5) is 11.4 Å². The van der Waals surface area contributed by atoms with E-state index >= 15 is 0 Å². The molecule has 1 aromatic carbocycles. The van der Waals surface area contributed by atoms with E-state index in [4.69, 9.17) is 0 Å². The number of anilines is 2. The summed E-state index contributed by atoms with van der Waals surface area (Å²) in [6, 6.07) is 12.5. The first-order valence-corrected chi connectivity index (χ1v) is 7.11. The first-order valence-electron chi connectivity index (χ1n) is 7.11. The van der Waals surface area contributed by atoms with Gasteiger partial charge >= 0.3 is 0 Å². The molecule has 0 saturated carbocycles. The Hall–Kier alpha value is -1.87. The molecular weight excluding hydrogens is 246 g/mol. The zero-order chi connectivity index (χ0) is 14.4. The smallest absolute Gasteiger partial charge is 0.0484 e. The molecule has 20 heavy (non-hydrogen) atoms. The maximum absolute atomic E-state index is 4.25. The van der Waals surface area contributed by atoms with E-state index in [1.807, 2.05) is 18.5 Å². The van der Waals surface area contributed by atoms with Crippen molar-refractivity contribution in [1.82, 2.24) is 10.3 Å². The molecule has 0 spiro atoms. The summed E-state index contributed by atoms with van der Waals surface area (Å²) < 4.78 is 0. The Morgan fingerprint density at radius 1 is 1.15 bits per heavy atom. The number of hydrogen-bond donors (Lipinski definition) is 1. The molecule has 3 nitrogen and oxygen atoms in total. The van der Waals surface area contributed by atoms with Crippen molar-refractivity contribution in [2.24, 2.45) is 5.92 Å². The minimum atomic E-state index is 0.655. The van der Waals surface area contributed by atoms with Gasteiger partial charge in [0, 0.05) is 42.9 Å². The lowest BCUT2D eigenvalue weighted by Gasteiger charge is -2.22. The fourth-order valence-corrected chi connectivity index (χ4v) is 2.17. The second-order valence-corrected chi connectivity index (χ2v) is 5.42. The molecule has 2 aromatic rings. The minimum absolute atomic E-state index is 0.655. The van der Waals surface area contributed by atoms with Crippen LogP contribution in [0.2, 0.25) is 0 Å². The normalized spacial score (nSPS) is 10.8. The van der Waals surface area contributed by atoms with Gasteiger partial charge in [-0.15, -0.1) is 0 Å². The van der Waals surface area contributed by atoms with Gasteiger partial charge in [-0.25, -0.2) is 0 Å². The molecule has 0 unspecified atom stereocenters. The maximum atomic E-state index is 4.25. The molecule has 2 rings (SSSR count). The van der Waals surface area contributed by atoms with Crippen molar-refractivity contribution in [3.05, 3.63) is 54.4 Å². The number of para-hydroxylation sites is 1. The number of benzene rings is 1. The lowest BCUT2D eigenvalue weighted by atomic mass is 10.1. The van der Waals surface area contributed by atoms with Crippen molar-refractivity contribution in [3.8, 4) is 0 Å². The fourth-order valence-electron chi connectivity index (χ4n) is 2.17. The summed E-state index contributed by atoms with van der Waals surface area (Å²) in [5.41, 5.74) is 3.60. The van der Waals surface area contributed by atoms with Crippen LogP contribution in [0.25, 0.3) is 0 Å². The van der Waals surface area contributed by atoms with Crippen LogP contribution in [0, 0.1) is 5.92 Å². The van der Waals surface area contributed by atoms with Gasteiger partial charge in [0.1, 0.15) is 0 Å². The van der Waals surface area contributed by atoms with E-state index in [1.54, 1.807) is 0 Å². The Kier molecular flexibility index (Phi) is 5.13. The van der Waals surface area contributed by atoms with Crippen LogP contribution >= 0.6 is 0 Å². The first kappa shape index (κ1) is 14.5. The fraction of sp³-hybridized carbons (Fsp3) is 0.353. The molecular formula is C17H23N3. The van der Waals surface area contributed by atoms with E-state index in [0.29, 0.717) is 5.92 Å². The highest BCUT2D eigenvalue weighted by atomic mass is 15.1. The molecule has 106 valence electrons. The Bertz CT molecular complexity index is 523. The highest BCUT2D eigenvalue weighted by molar-refractivity contribution is 5.64. The molecule has 0 fully saturated rings. The summed E-state index contributed by atoms with van der Waals surface area (Å²) in [4.78, 5) is 6.45. The topological polar surface area (TPSA) is 28.2 Å². The third-order valence-corrected chi connectivity index (χ3v) is 3.25. The van der Waals surface area contributed by atoms with Crippen molar-refractivity contribution >= 4 is 11.4 Å². The Morgan fingerprint density at radius 3 is 2.60 bits per heavy atom. The summed E-state index contributed by atoms with van der Waals surface area (Å²) in [7, 11) is 2.09. The van der Waals surface area contributed by atoms with Gasteiger partial charge in [0.05, 0.1) is 0 Å². The monoisotopic (exact) mass is 269 g/mol. The molecule has 0 bridgehead atoms. The Balaban J connectivity index is 2.15. The molecule has 0 atom stereocenters. The van der Waals surface area contributed by atoms with Crippen molar-refractivity contribution in [2.45, 2.75) is 20.4 Å². The quantitative estimate of drug-likeness (QED) is 0.868. The van der Waals surface area contributed by atoms with Gasteiger partial charge in [0.15, 0.2) is 0 Å². The predicted octanol–water partition coefficient (Wildman–Crippen LogP) is 3.60. The molecule has 0 radical (unpaired) electrons. The van der Waals surface area contributed by atoms with Crippen LogP contribution < -0.4 is 10.2 Å². The summed E-state index contributed by atoms with van der Waals surface area (Å²) in [5.74, 6) is 0.655. The summed E-state index contributed by atoms with van der Waals surface area (Å²) in [5, 5.41) is 3.48. The minimum Gasteiger partial charge on any atom is -0.344 e. The average molecular weight is 269 g/mol. The van der Waals surface area contributed by atoms with E-state index < -0.39 is 0 Å². The number of rotatable bonds is 6. The van der Waals surface area contributed by atoms with Gasteiger partial charge in [-0.2, -0.15) is 0 Å². The SMILES string of the molecule is CC(C)CNCc1cnccc1N(C)c1ccccc1. The van der Waals surface area contributed by atoms with Crippen LogP contribution in [-0.4, -0.2) is 18.6 Å². The first-order chi connectivity index (χ1) is 9.68. The second-order valence-electron chi connectivity index (χ2n) is 5.42. The van der Waals surface area contributed by atoms with Crippen LogP contribution in [-0.2, 0) is 6.54 Å². The summed E-state index contributed by atoms with van der Waals surface area (Å²) in [6.07, 6.45) is 3.79. The number of aromatic nitrogens is 1. The van der Waals surface area contributed by atoms with E-state index in [-0.39, 0.29) is 0 Å². The molecule has 0 saturated heterocycles. The van der Waals surface area contributed by atoms with E-state index in [9.17, 15) is 0 Å². The van der Waals surface area contributed by atoms with Gasteiger partial charge in [0.25, 0.3) is 0 Å². The number of nitrogens with zero attached hydrogens (tertiary/aromatic N) is 2. The molecule has 0 aliphatic carbocycles. The van der Waals surface area contributed by atoms with E-state index in [0.717, 1.165) is 13.1 Å². The molecule has 0 aliphatic rings. The van der Waals surface area contributed by atoms with Crippen molar-refractivity contribution in [2.75, 3.05) is 18.5 Å². The van der Waals surface area contributed by atoms with E-state index in [2.05, 4.69) is 66.4 Å². The maximum Gasteiger partial charge on any atom is 0.0484 e. The highest BCUT2D eigenvalue weighted by Crippen LogP contribution is 2.25. The lowest BCUT2D eigenvalue weighted by molar-refractivity contribution is 0.552. The van der Waals surface area contributed by atoms with Crippen LogP contribution in [0.3, 0.4) is 0 Å². The van der Waals surface area contributed by atoms with Crippen LogP contribution in [0.1, 0.15) is 19.4 Å². The Labute approximate surface area is 121 Å². The number of hydrogen-bond acceptors (Lipinski definition) is 3.